The molecule has 0 aliphatic rings. The molecule has 1 atom stereocenters. The van der Waals surface area contributed by atoms with Crippen molar-refractivity contribution in [2.24, 2.45) is 4.99 Å². The molecule has 0 saturated carbocycles. The van der Waals surface area contributed by atoms with Gasteiger partial charge >= 0.3 is 0 Å². The molecule has 31 heavy (non-hydrogen) atoms. The van der Waals surface area contributed by atoms with E-state index in [1.165, 1.54) is 6.20 Å². The molecule has 1 N–H and O–H groups in total. The number of ether oxygens (including phenoxy) is 1. The molecule has 0 aliphatic carbocycles. The van der Waals surface area contributed by atoms with E-state index in [1.54, 1.807) is 24.5 Å². The highest BCUT2D eigenvalue weighted by Gasteiger charge is 2.10. The van der Waals surface area contributed by atoms with Crippen molar-refractivity contribution in [3.63, 3.8) is 0 Å². The van der Waals surface area contributed by atoms with E-state index in [0.717, 1.165) is 22.5 Å². The molecule has 1 aromatic carbocycles. The summed E-state index contributed by atoms with van der Waals surface area (Å²) in [6.45, 7) is 0.854. The zero-order valence-corrected chi connectivity index (χ0v) is 16.9. The van der Waals surface area contributed by atoms with E-state index in [-0.39, 0.29) is 11.8 Å². The van der Waals surface area contributed by atoms with E-state index in [1.807, 2.05) is 66.9 Å². The van der Waals surface area contributed by atoms with Gasteiger partial charge in [0.05, 0.1) is 42.5 Å². The number of aliphatic imine (C=N–C) groups is 1. The monoisotopic (exact) mass is 410 g/mol. The standard InChI is InChI=1S/C25H22N4O2/c30-22-11-10-21(27-16-22)15-29-25(20-6-2-1-3-7-20)18-31-17-19-9-12-24(28-14-19)23-8-4-5-13-26-23/h1-16,25,30H,17-18H2/t25-/m1/s1. The van der Waals surface area contributed by atoms with Crippen molar-refractivity contribution in [3.05, 3.63) is 108 Å². The lowest BCUT2D eigenvalue weighted by atomic mass is 10.1. The van der Waals surface area contributed by atoms with Crippen LogP contribution in [0.2, 0.25) is 0 Å². The number of hydrogen-bond donors (Lipinski definition) is 1. The molecule has 0 unspecified atom stereocenters. The van der Waals surface area contributed by atoms with Crippen molar-refractivity contribution in [2.45, 2.75) is 12.6 Å². The van der Waals surface area contributed by atoms with Crippen LogP contribution in [0.25, 0.3) is 11.4 Å². The quantitative estimate of drug-likeness (QED) is 0.429. The number of rotatable bonds is 8. The maximum atomic E-state index is 9.38. The smallest absolute Gasteiger partial charge is 0.133 e. The zero-order valence-electron chi connectivity index (χ0n) is 16.9. The summed E-state index contributed by atoms with van der Waals surface area (Å²) in [4.78, 5) is 17.6. The molecule has 0 saturated heterocycles. The third-order valence-electron chi connectivity index (χ3n) is 4.64. The Labute approximate surface area is 181 Å². The minimum Gasteiger partial charge on any atom is -0.506 e. The Hall–Kier alpha value is -3.90. The molecule has 0 fully saturated rings. The SMILES string of the molecule is Oc1ccc(C=N[C@H](COCc2ccc(-c3ccccn3)nc2)c2ccccc2)nc1. The second kappa shape index (κ2) is 10.2. The summed E-state index contributed by atoms with van der Waals surface area (Å²) in [7, 11) is 0. The molecule has 3 aromatic heterocycles. The summed E-state index contributed by atoms with van der Waals surface area (Å²) in [6, 6.07) is 22.8. The van der Waals surface area contributed by atoms with Gasteiger partial charge < -0.3 is 9.84 Å². The first-order valence-electron chi connectivity index (χ1n) is 9.95. The number of pyridine rings is 3. The Morgan fingerprint density at radius 2 is 1.68 bits per heavy atom. The summed E-state index contributed by atoms with van der Waals surface area (Å²) in [6.07, 6.45) is 6.66. The van der Waals surface area contributed by atoms with Crippen LogP contribution < -0.4 is 0 Å². The van der Waals surface area contributed by atoms with Crippen molar-refractivity contribution in [1.82, 2.24) is 15.0 Å². The Morgan fingerprint density at radius 3 is 2.39 bits per heavy atom. The van der Waals surface area contributed by atoms with Crippen molar-refractivity contribution in [2.75, 3.05) is 6.61 Å². The first-order valence-corrected chi connectivity index (χ1v) is 9.95. The molecule has 4 rings (SSSR count). The minimum absolute atomic E-state index is 0.128. The van der Waals surface area contributed by atoms with Crippen LogP contribution in [0.4, 0.5) is 0 Å². The lowest BCUT2D eigenvalue weighted by Gasteiger charge is -2.13. The minimum atomic E-state index is -0.169. The van der Waals surface area contributed by atoms with Crippen LogP contribution in [0.1, 0.15) is 22.9 Å². The highest BCUT2D eigenvalue weighted by Crippen LogP contribution is 2.19. The largest absolute Gasteiger partial charge is 0.506 e. The van der Waals surface area contributed by atoms with Crippen LogP contribution in [0.15, 0.2) is 96.4 Å². The highest BCUT2D eigenvalue weighted by atomic mass is 16.5. The average molecular weight is 410 g/mol. The van der Waals surface area contributed by atoms with Crippen LogP contribution >= 0.6 is 0 Å². The fourth-order valence-corrected chi connectivity index (χ4v) is 3.00. The van der Waals surface area contributed by atoms with Gasteiger partial charge in [-0.25, -0.2) is 0 Å². The van der Waals surface area contributed by atoms with E-state index < -0.39 is 0 Å². The number of benzene rings is 1. The van der Waals surface area contributed by atoms with Crippen LogP contribution in [0.3, 0.4) is 0 Å². The molecule has 0 aliphatic heterocycles. The number of nitrogens with zero attached hydrogens (tertiary/aromatic N) is 4. The molecule has 0 bridgehead atoms. The van der Waals surface area contributed by atoms with Crippen LogP contribution in [0, 0.1) is 0 Å². The summed E-state index contributed by atoms with van der Waals surface area (Å²) in [5.41, 5.74) is 4.39. The maximum absolute atomic E-state index is 9.38. The first kappa shape index (κ1) is 20.4. The van der Waals surface area contributed by atoms with Gasteiger partial charge in [-0.05, 0) is 41.5 Å². The van der Waals surface area contributed by atoms with E-state index >= 15 is 0 Å². The predicted octanol–water partition coefficient (Wildman–Crippen LogP) is 4.62. The van der Waals surface area contributed by atoms with Crippen molar-refractivity contribution in [1.29, 1.82) is 0 Å². The average Bonchev–Trinajstić information content (AvgIpc) is 2.84. The first-order chi connectivity index (χ1) is 15.3. The van der Waals surface area contributed by atoms with Crippen LogP contribution in [-0.2, 0) is 11.3 Å². The van der Waals surface area contributed by atoms with E-state index in [4.69, 9.17) is 4.74 Å². The zero-order chi connectivity index (χ0) is 21.3. The molecule has 4 aromatic rings. The molecular formula is C25H22N4O2. The molecule has 154 valence electrons. The van der Waals surface area contributed by atoms with Gasteiger partial charge in [0.1, 0.15) is 5.75 Å². The molecule has 6 nitrogen and oxygen atoms in total. The van der Waals surface area contributed by atoms with E-state index in [9.17, 15) is 5.11 Å². The maximum Gasteiger partial charge on any atom is 0.133 e. The summed E-state index contributed by atoms with van der Waals surface area (Å²) in [5.74, 6) is 0.128. The molecule has 0 spiro atoms. The lowest BCUT2D eigenvalue weighted by Crippen LogP contribution is -2.07. The summed E-state index contributed by atoms with van der Waals surface area (Å²) in [5, 5.41) is 9.38. The van der Waals surface area contributed by atoms with E-state index in [0.29, 0.717) is 18.9 Å². The second-order valence-corrected chi connectivity index (χ2v) is 6.93. The number of hydrogen-bond acceptors (Lipinski definition) is 6. The Kier molecular flexibility index (Phi) is 6.72. The molecular weight excluding hydrogens is 388 g/mol. The summed E-state index contributed by atoms with van der Waals surface area (Å²) >= 11 is 0. The van der Waals surface area contributed by atoms with Gasteiger partial charge in [0.2, 0.25) is 0 Å². The molecule has 3 heterocycles. The van der Waals surface area contributed by atoms with Crippen molar-refractivity contribution in [3.8, 4) is 17.1 Å². The van der Waals surface area contributed by atoms with Crippen LogP contribution in [-0.4, -0.2) is 32.9 Å². The fraction of sp³-hybridized carbons (Fsp3) is 0.120. The summed E-state index contributed by atoms with van der Waals surface area (Å²) < 4.78 is 5.96. The normalized spacial score (nSPS) is 12.1. The third-order valence-corrected chi connectivity index (χ3v) is 4.64. The van der Waals surface area contributed by atoms with Gasteiger partial charge in [-0.1, -0.05) is 42.5 Å². The van der Waals surface area contributed by atoms with Crippen molar-refractivity contribution < 1.29 is 9.84 Å². The van der Waals surface area contributed by atoms with Gasteiger partial charge in [-0.3, -0.25) is 19.9 Å². The number of aromatic hydroxyl groups is 1. The van der Waals surface area contributed by atoms with Crippen molar-refractivity contribution >= 4 is 6.21 Å². The van der Waals surface area contributed by atoms with Gasteiger partial charge in [-0.15, -0.1) is 0 Å². The fourth-order valence-electron chi connectivity index (χ4n) is 3.00. The molecule has 6 heteroatoms. The molecule has 0 amide bonds. The second-order valence-electron chi connectivity index (χ2n) is 6.93. The van der Waals surface area contributed by atoms with Gasteiger partial charge in [0, 0.05) is 18.6 Å². The third kappa shape index (κ3) is 5.81. The van der Waals surface area contributed by atoms with Gasteiger partial charge in [0.15, 0.2) is 0 Å². The van der Waals surface area contributed by atoms with E-state index in [2.05, 4.69) is 19.9 Å². The Balaban J connectivity index is 1.40. The predicted molar refractivity (Wildman–Crippen MR) is 120 cm³/mol. The van der Waals surface area contributed by atoms with Gasteiger partial charge in [0.25, 0.3) is 0 Å². The Bertz CT molecular complexity index is 1100. The van der Waals surface area contributed by atoms with Crippen LogP contribution in [0.5, 0.6) is 5.75 Å². The lowest BCUT2D eigenvalue weighted by molar-refractivity contribution is 0.108. The Morgan fingerprint density at radius 1 is 0.839 bits per heavy atom. The number of aromatic nitrogens is 3. The molecule has 0 radical (unpaired) electrons. The van der Waals surface area contributed by atoms with Gasteiger partial charge in [-0.2, -0.15) is 0 Å². The highest BCUT2D eigenvalue weighted by molar-refractivity contribution is 5.77. The topological polar surface area (TPSA) is 80.5 Å².